The fraction of sp³-hybridized carbons (Fsp3) is 0.667. The smallest absolute Gasteiger partial charge is 0.408 e. The van der Waals surface area contributed by atoms with Crippen molar-refractivity contribution in [2.75, 3.05) is 7.11 Å². The molecule has 0 saturated carbocycles. The maximum Gasteiger partial charge on any atom is 0.408 e. The summed E-state index contributed by atoms with van der Waals surface area (Å²) >= 11 is 1.64. The monoisotopic (exact) mass is 326 g/mol. The summed E-state index contributed by atoms with van der Waals surface area (Å²) < 4.78 is 10.0. The van der Waals surface area contributed by atoms with Crippen molar-refractivity contribution in [3.63, 3.8) is 0 Å². The van der Waals surface area contributed by atoms with Crippen LogP contribution in [0.15, 0.2) is 5.51 Å². The minimum absolute atomic E-state index is 0.167. The van der Waals surface area contributed by atoms with Gasteiger partial charge in [0, 0.05) is 10.8 Å². The molecule has 0 aromatic carbocycles. The first-order chi connectivity index (χ1) is 10.3. The number of carbonyl (C=O) groups excluding carboxylic acids is 2. The van der Waals surface area contributed by atoms with Crippen LogP contribution in [0.2, 0.25) is 0 Å². The maximum atomic E-state index is 11.9. The van der Waals surface area contributed by atoms with Crippen LogP contribution in [-0.2, 0) is 20.7 Å². The summed E-state index contributed by atoms with van der Waals surface area (Å²) in [5, 5.41) is 2.61. The van der Waals surface area contributed by atoms with E-state index in [1.54, 1.807) is 32.1 Å². The number of ether oxygens (including phenoxy) is 2. The van der Waals surface area contributed by atoms with Gasteiger partial charge in [0.2, 0.25) is 0 Å². The third-order valence-corrected chi connectivity index (χ3v) is 4.38. The summed E-state index contributed by atoms with van der Waals surface area (Å²) in [5.74, 6) is -0.296. The lowest BCUT2D eigenvalue weighted by Crippen LogP contribution is -2.44. The molecule has 0 aliphatic heterocycles. The molecular weight excluding hydrogens is 304 g/mol. The molecule has 0 spiro atoms. The molecule has 1 amide bonds. The van der Waals surface area contributed by atoms with Crippen LogP contribution in [0.3, 0.4) is 0 Å². The molecule has 2 atom stereocenters. The highest BCUT2D eigenvalue weighted by Crippen LogP contribution is 2.37. The van der Waals surface area contributed by atoms with Crippen molar-refractivity contribution in [1.29, 1.82) is 0 Å². The molecule has 122 valence electrons. The Labute approximate surface area is 134 Å². The van der Waals surface area contributed by atoms with Gasteiger partial charge in [-0.15, -0.1) is 11.3 Å². The second-order valence-corrected chi connectivity index (χ2v) is 7.29. The van der Waals surface area contributed by atoms with Crippen molar-refractivity contribution in [1.82, 2.24) is 10.3 Å². The van der Waals surface area contributed by atoms with Crippen LogP contribution in [0.25, 0.3) is 0 Å². The van der Waals surface area contributed by atoms with Crippen molar-refractivity contribution in [3.8, 4) is 0 Å². The average Bonchev–Trinajstić information content (AvgIpc) is 2.99. The number of aromatic nitrogens is 1. The summed E-state index contributed by atoms with van der Waals surface area (Å²) in [6, 6.07) is -0.725. The Kier molecular flexibility index (Phi) is 5.05. The van der Waals surface area contributed by atoms with Crippen LogP contribution >= 0.6 is 11.3 Å². The highest BCUT2D eigenvalue weighted by molar-refractivity contribution is 7.09. The number of aryl methyl sites for hydroxylation is 1. The normalized spacial score (nSPS) is 18.5. The lowest BCUT2D eigenvalue weighted by atomic mass is 9.97. The Morgan fingerprint density at radius 3 is 2.86 bits per heavy atom. The SMILES string of the molecule is COC(=O)C(CC1CCc2scnc21)NC(=O)OC(C)(C)C. The van der Waals surface area contributed by atoms with Gasteiger partial charge in [0.1, 0.15) is 11.6 Å². The fourth-order valence-corrected chi connectivity index (χ4v) is 3.43. The van der Waals surface area contributed by atoms with E-state index >= 15 is 0 Å². The molecule has 2 unspecified atom stereocenters. The van der Waals surface area contributed by atoms with Crippen molar-refractivity contribution in [2.45, 2.75) is 57.6 Å². The van der Waals surface area contributed by atoms with Gasteiger partial charge < -0.3 is 14.8 Å². The van der Waals surface area contributed by atoms with E-state index in [1.807, 2.05) is 5.51 Å². The van der Waals surface area contributed by atoms with E-state index in [-0.39, 0.29) is 5.92 Å². The van der Waals surface area contributed by atoms with Gasteiger partial charge in [0.25, 0.3) is 0 Å². The number of amides is 1. The van der Waals surface area contributed by atoms with Crippen LogP contribution in [0.5, 0.6) is 0 Å². The number of hydrogen-bond acceptors (Lipinski definition) is 6. The number of hydrogen-bond donors (Lipinski definition) is 1. The highest BCUT2D eigenvalue weighted by Gasteiger charge is 2.32. The van der Waals surface area contributed by atoms with E-state index in [1.165, 1.54) is 12.0 Å². The summed E-state index contributed by atoms with van der Waals surface area (Å²) in [6.45, 7) is 5.33. The first-order valence-corrected chi connectivity index (χ1v) is 8.17. The number of methoxy groups -OCH3 is 1. The molecule has 0 bridgehead atoms. The number of thiazole rings is 1. The molecule has 7 heteroatoms. The van der Waals surface area contributed by atoms with Gasteiger partial charge in [-0.2, -0.15) is 0 Å². The fourth-order valence-electron chi connectivity index (χ4n) is 2.56. The Bertz CT molecular complexity index is 550. The minimum atomic E-state index is -0.725. The van der Waals surface area contributed by atoms with Crippen molar-refractivity contribution in [3.05, 3.63) is 16.1 Å². The second-order valence-electron chi connectivity index (χ2n) is 6.35. The van der Waals surface area contributed by atoms with E-state index in [2.05, 4.69) is 10.3 Å². The molecule has 2 rings (SSSR count). The number of rotatable bonds is 4. The largest absolute Gasteiger partial charge is 0.467 e. The van der Waals surface area contributed by atoms with E-state index in [9.17, 15) is 9.59 Å². The van der Waals surface area contributed by atoms with E-state index in [4.69, 9.17) is 9.47 Å². The Balaban J connectivity index is 2.02. The van der Waals surface area contributed by atoms with E-state index in [0.717, 1.165) is 18.5 Å². The highest BCUT2D eigenvalue weighted by atomic mass is 32.1. The molecule has 0 fully saturated rings. The summed E-state index contributed by atoms with van der Waals surface area (Å²) in [6.07, 6.45) is 1.78. The molecule has 1 aromatic heterocycles. The average molecular weight is 326 g/mol. The van der Waals surface area contributed by atoms with Crippen LogP contribution in [0, 0.1) is 0 Å². The zero-order valence-electron chi connectivity index (χ0n) is 13.3. The summed E-state index contributed by atoms with van der Waals surface area (Å²) in [7, 11) is 1.31. The molecule has 1 aromatic rings. The standard InChI is InChI=1S/C15H22N2O4S/c1-15(2,3)21-14(19)17-10(13(18)20-4)7-9-5-6-11-12(9)16-8-22-11/h8-10H,5-7H2,1-4H3,(H,17,19). The minimum Gasteiger partial charge on any atom is -0.467 e. The van der Waals surface area contributed by atoms with Crippen molar-refractivity contribution in [2.24, 2.45) is 0 Å². The van der Waals surface area contributed by atoms with E-state index < -0.39 is 23.7 Å². The first kappa shape index (κ1) is 16.7. The molecule has 1 heterocycles. The molecule has 1 aliphatic rings. The summed E-state index contributed by atoms with van der Waals surface area (Å²) in [4.78, 5) is 29.5. The first-order valence-electron chi connectivity index (χ1n) is 7.29. The molecule has 6 nitrogen and oxygen atoms in total. The topological polar surface area (TPSA) is 77.5 Å². The van der Waals surface area contributed by atoms with Crippen molar-refractivity contribution < 1.29 is 19.1 Å². The lowest BCUT2D eigenvalue weighted by molar-refractivity contribution is -0.143. The molecule has 1 aliphatic carbocycles. The van der Waals surface area contributed by atoms with Crippen LogP contribution < -0.4 is 5.32 Å². The predicted molar refractivity (Wildman–Crippen MR) is 83.0 cm³/mol. The number of esters is 1. The van der Waals surface area contributed by atoms with Crippen LogP contribution in [0.1, 0.15) is 50.1 Å². The molecule has 1 N–H and O–H groups in total. The van der Waals surface area contributed by atoms with Gasteiger partial charge in [0.05, 0.1) is 18.3 Å². The van der Waals surface area contributed by atoms with Gasteiger partial charge >= 0.3 is 12.1 Å². The van der Waals surface area contributed by atoms with Crippen LogP contribution in [0.4, 0.5) is 4.79 Å². The molecule has 22 heavy (non-hydrogen) atoms. The quantitative estimate of drug-likeness (QED) is 0.861. The Hall–Kier alpha value is -1.63. The zero-order valence-corrected chi connectivity index (χ0v) is 14.2. The Morgan fingerprint density at radius 2 is 2.23 bits per heavy atom. The van der Waals surface area contributed by atoms with Gasteiger partial charge in [0.15, 0.2) is 0 Å². The third-order valence-electron chi connectivity index (χ3n) is 3.48. The van der Waals surface area contributed by atoms with Gasteiger partial charge in [-0.05, 0) is 40.0 Å². The van der Waals surface area contributed by atoms with Crippen LogP contribution in [-0.4, -0.2) is 35.8 Å². The molecular formula is C15H22N2O4S. The van der Waals surface area contributed by atoms with Gasteiger partial charge in [-0.25, -0.2) is 14.6 Å². The van der Waals surface area contributed by atoms with Gasteiger partial charge in [-0.3, -0.25) is 0 Å². The lowest BCUT2D eigenvalue weighted by Gasteiger charge is -2.23. The number of carbonyl (C=O) groups is 2. The number of alkyl carbamates (subject to hydrolysis) is 1. The molecule has 0 radical (unpaired) electrons. The Morgan fingerprint density at radius 1 is 1.50 bits per heavy atom. The zero-order chi connectivity index (χ0) is 16.3. The number of nitrogens with one attached hydrogen (secondary N) is 1. The predicted octanol–water partition coefficient (Wildman–Crippen LogP) is 2.63. The second kappa shape index (κ2) is 6.64. The number of nitrogens with zero attached hydrogens (tertiary/aromatic N) is 1. The van der Waals surface area contributed by atoms with Crippen molar-refractivity contribution >= 4 is 23.4 Å². The number of fused-ring (bicyclic) bond motifs is 1. The third kappa shape index (κ3) is 4.19. The molecule has 0 saturated heterocycles. The maximum absolute atomic E-state index is 11.9. The summed E-state index contributed by atoms with van der Waals surface area (Å²) in [5.41, 5.74) is 2.26. The van der Waals surface area contributed by atoms with Gasteiger partial charge in [-0.1, -0.05) is 0 Å². The van der Waals surface area contributed by atoms with E-state index in [0.29, 0.717) is 6.42 Å².